The Balaban J connectivity index is 1.92. The van der Waals surface area contributed by atoms with Crippen molar-refractivity contribution >= 4 is 23.6 Å². The molecule has 2 aromatic rings. The largest absolute Gasteiger partial charge is 0.365 e. The Hall–Kier alpha value is -3.21. The van der Waals surface area contributed by atoms with E-state index in [1.807, 2.05) is 6.21 Å². The first-order valence-corrected chi connectivity index (χ1v) is 8.75. The second-order valence-electron chi connectivity index (χ2n) is 6.65. The summed E-state index contributed by atoms with van der Waals surface area (Å²) in [5, 5.41) is 17.0. The van der Waals surface area contributed by atoms with E-state index in [1.54, 1.807) is 30.1 Å². The summed E-state index contributed by atoms with van der Waals surface area (Å²) >= 11 is 0. The molecular formula is C19H21FN6O. The predicted molar refractivity (Wildman–Crippen MR) is 100 cm³/mol. The molecule has 0 saturated heterocycles. The van der Waals surface area contributed by atoms with Gasteiger partial charge in [-0.15, -0.1) is 0 Å². The number of nitrogens with one attached hydrogen (secondary N) is 1. The van der Waals surface area contributed by atoms with Gasteiger partial charge in [0.1, 0.15) is 11.4 Å². The molecule has 1 aliphatic rings. The van der Waals surface area contributed by atoms with Gasteiger partial charge in [-0.05, 0) is 49.4 Å². The molecule has 3 N–H and O–H groups in total. The Labute approximate surface area is 156 Å². The van der Waals surface area contributed by atoms with Crippen molar-refractivity contribution in [3.8, 4) is 6.07 Å². The fourth-order valence-corrected chi connectivity index (χ4v) is 3.47. The zero-order chi connectivity index (χ0) is 19.4. The molecule has 1 fully saturated rings. The molecule has 1 heterocycles. The lowest BCUT2D eigenvalue weighted by molar-refractivity contribution is 0.100. The van der Waals surface area contributed by atoms with Gasteiger partial charge < -0.3 is 16.0 Å². The number of aliphatic imine (C=N–C) groups is 1. The molecule has 0 bridgehead atoms. The van der Waals surface area contributed by atoms with Crippen LogP contribution in [0.4, 0.5) is 15.9 Å². The standard InChI is InChI=1S/C19H21FN6O/c1-23-10-12-2-3-13(9-21)17(8-12)26-11-16(18(22)27)19(25-26)24-15-6-4-14(20)5-7-15/h4-7,10-13,17H,2-3,8H2,1H3,(H2,22,27)(H,24,25)/t12?,13-,17?/m1/s1. The summed E-state index contributed by atoms with van der Waals surface area (Å²) in [6.07, 6.45) is 5.83. The number of nitriles is 1. The Morgan fingerprint density at radius 2 is 2.19 bits per heavy atom. The van der Waals surface area contributed by atoms with Crippen molar-refractivity contribution in [3.05, 3.63) is 41.8 Å². The summed E-state index contributed by atoms with van der Waals surface area (Å²) in [5.41, 5.74) is 6.31. The predicted octanol–water partition coefficient (Wildman–Crippen LogP) is 3.05. The van der Waals surface area contributed by atoms with E-state index in [0.717, 1.165) is 12.8 Å². The summed E-state index contributed by atoms with van der Waals surface area (Å²) in [5.74, 6) is -0.632. The van der Waals surface area contributed by atoms with Crippen molar-refractivity contribution in [2.24, 2.45) is 22.6 Å². The van der Waals surface area contributed by atoms with Gasteiger partial charge in [0, 0.05) is 25.1 Å². The van der Waals surface area contributed by atoms with Crippen LogP contribution in [0, 0.1) is 29.0 Å². The summed E-state index contributed by atoms with van der Waals surface area (Å²) in [4.78, 5) is 16.0. The van der Waals surface area contributed by atoms with Crippen LogP contribution in [0.25, 0.3) is 0 Å². The molecule has 1 amide bonds. The van der Waals surface area contributed by atoms with Crippen LogP contribution in [-0.2, 0) is 0 Å². The number of amides is 1. The molecule has 1 aromatic heterocycles. The van der Waals surface area contributed by atoms with Crippen molar-refractivity contribution in [1.82, 2.24) is 9.78 Å². The molecular weight excluding hydrogens is 347 g/mol. The first-order chi connectivity index (χ1) is 13.0. The molecule has 3 rings (SSSR count). The molecule has 8 heteroatoms. The van der Waals surface area contributed by atoms with E-state index in [0.29, 0.717) is 12.1 Å². The van der Waals surface area contributed by atoms with Crippen LogP contribution in [0.2, 0.25) is 0 Å². The second-order valence-corrected chi connectivity index (χ2v) is 6.65. The van der Waals surface area contributed by atoms with Gasteiger partial charge in [0.15, 0.2) is 5.82 Å². The number of carbonyl (C=O) groups is 1. The number of halogens is 1. The lowest BCUT2D eigenvalue weighted by Gasteiger charge is -2.31. The smallest absolute Gasteiger partial charge is 0.254 e. The fourth-order valence-electron chi connectivity index (χ4n) is 3.47. The highest BCUT2D eigenvalue weighted by atomic mass is 19.1. The van der Waals surface area contributed by atoms with E-state index in [9.17, 15) is 14.4 Å². The molecule has 27 heavy (non-hydrogen) atoms. The van der Waals surface area contributed by atoms with E-state index < -0.39 is 5.91 Å². The quantitative estimate of drug-likeness (QED) is 0.791. The van der Waals surface area contributed by atoms with Crippen LogP contribution in [0.3, 0.4) is 0 Å². The topological polar surface area (TPSA) is 109 Å². The van der Waals surface area contributed by atoms with Gasteiger partial charge in [0.05, 0.1) is 18.0 Å². The minimum atomic E-state index is -0.623. The monoisotopic (exact) mass is 368 g/mol. The number of nitrogens with zero attached hydrogens (tertiary/aromatic N) is 4. The molecule has 0 radical (unpaired) electrons. The van der Waals surface area contributed by atoms with Crippen molar-refractivity contribution in [2.45, 2.75) is 25.3 Å². The van der Waals surface area contributed by atoms with E-state index in [2.05, 4.69) is 21.5 Å². The fraction of sp³-hybridized carbons (Fsp3) is 0.368. The minimum Gasteiger partial charge on any atom is -0.365 e. The zero-order valence-corrected chi connectivity index (χ0v) is 15.0. The highest BCUT2D eigenvalue weighted by Crippen LogP contribution is 2.37. The first kappa shape index (κ1) is 18.6. The Bertz CT molecular complexity index is 883. The number of hydrogen-bond donors (Lipinski definition) is 2. The molecule has 1 aliphatic carbocycles. The van der Waals surface area contributed by atoms with Crippen LogP contribution >= 0.6 is 0 Å². The van der Waals surface area contributed by atoms with Gasteiger partial charge in [-0.3, -0.25) is 9.48 Å². The third kappa shape index (κ3) is 4.14. The average Bonchev–Trinajstić information content (AvgIpc) is 3.08. The number of anilines is 2. The van der Waals surface area contributed by atoms with Gasteiger partial charge in [-0.25, -0.2) is 4.39 Å². The van der Waals surface area contributed by atoms with Crippen LogP contribution in [0.1, 0.15) is 35.7 Å². The maximum atomic E-state index is 13.1. The van der Waals surface area contributed by atoms with Gasteiger partial charge in [-0.1, -0.05) is 0 Å². The van der Waals surface area contributed by atoms with E-state index in [-0.39, 0.29) is 35.1 Å². The molecule has 1 aromatic carbocycles. The Morgan fingerprint density at radius 3 is 2.81 bits per heavy atom. The van der Waals surface area contributed by atoms with Crippen molar-refractivity contribution in [2.75, 3.05) is 12.4 Å². The molecule has 7 nitrogen and oxygen atoms in total. The number of nitrogens with two attached hydrogens (primary N) is 1. The Kier molecular flexibility index (Phi) is 5.50. The van der Waals surface area contributed by atoms with Crippen molar-refractivity contribution in [1.29, 1.82) is 5.26 Å². The third-order valence-electron chi connectivity index (χ3n) is 4.83. The number of aromatic nitrogens is 2. The molecule has 3 atom stereocenters. The van der Waals surface area contributed by atoms with Gasteiger partial charge >= 0.3 is 0 Å². The third-order valence-corrected chi connectivity index (χ3v) is 4.83. The van der Waals surface area contributed by atoms with E-state index in [1.165, 1.54) is 12.1 Å². The maximum absolute atomic E-state index is 13.1. The molecule has 140 valence electrons. The second kappa shape index (κ2) is 7.99. The summed E-state index contributed by atoms with van der Waals surface area (Å²) in [6, 6.07) is 7.89. The lowest BCUT2D eigenvalue weighted by Crippen LogP contribution is -2.28. The number of rotatable bonds is 5. The van der Waals surface area contributed by atoms with Crippen molar-refractivity contribution in [3.63, 3.8) is 0 Å². The normalized spacial score (nSPS) is 22.5. The van der Waals surface area contributed by atoms with E-state index >= 15 is 0 Å². The molecule has 0 aliphatic heterocycles. The van der Waals surface area contributed by atoms with Crippen LogP contribution in [0.15, 0.2) is 35.5 Å². The SMILES string of the molecule is CN=CC1CC[C@H](C#N)C(n2cc(C(N)=O)c(Nc3ccc(F)cc3)n2)C1. The zero-order valence-electron chi connectivity index (χ0n) is 15.0. The van der Waals surface area contributed by atoms with E-state index in [4.69, 9.17) is 5.73 Å². The van der Waals surface area contributed by atoms with Gasteiger partial charge in [-0.2, -0.15) is 10.4 Å². The number of benzene rings is 1. The summed E-state index contributed by atoms with van der Waals surface area (Å²) in [6.45, 7) is 0. The number of hydrogen-bond acceptors (Lipinski definition) is 5. The average molecular weight is 368 g/mol. The van der Waals surface area contributed by atoms with Crippen LogP contribution in [-0.4, -0.2) is 28.9 Å². The number of primary amides is 1. The highest BCUT2D eigenvalue weighted by molar-refractivity contribution is 5.98. The maximum Gasteiger partial charge on any atom is 0.254 e. The van der Waals surface area contributed by atoms with Gasteiger partial charge in [0.25, 0.3) is 5.91 Å². The van der Waals surface area contributed by atoms with Crippen LogP contribution in [0.5, 0.6) is 0 Å². The van der Waals surface area contributed by atoms with Crippen molar-refractivity contribution < 1.29 is 9.18 Å². The first-order valence-electron chi connectivity index (χ1n) is 8.75. The molecule has 1 saturated carbocycles. The highest BCUT2D eigenvalue weighted by Gasteiger charge is 2.32. The number of carbonyl (C=O) groups excluding carboxylic acids is 1. The molecule has 0 spiro atoms. The summed E-state index contributed by atoms with van der Waals surface area (Å²) < 4.78 is 14.7. The molecule has 2 unspecified atom stereocenters. The minimum absolute atomic E-state index is 0.173. The van der Waals surface area contributed by atoms with Gasteiger partial charge in [0.2, 0.25) is 0 Å². The summed E-state index contributed by atoms with van der Waals surface area (Å²) in [7, 11) is 1.73. The van der Waals surface area contributed by atoms with Crippen LogP contribution < -0.4 is 11.1 Å². The Morgan fingerprint density at radius 1 is 1.44 bits per heavy atom. The lowest BCUT2D eigenvalue weighted by atomic mass is 9.79.